The van der Waals surface area contributed by atoms with E-state index in [9.17, 15) is 18.0 Å². The standard InChI is InChI=1S/C17H14F3N3OS/c1-23(8-10-4-2-3-5-11(10)18)16(24)9-25-17-21-14-6-12(19)13(20)7-15(14)22-17/h2-7H,8-9H2,1H3,(H,21,22). The van der Waals surface area contributed by atoms with Crippen LogP contribution in [0, 0.1) is 17.5 Å². The molecule has 4 nitrogen and oxygen atoms in total. The van der Waals surface area contributed by atoms with E-state index in [1.54, 1.807) is 25.2 Å². The third-order valence-corrected chi connectivity index (χ3v) is 4.48. The highest BCUT2D eigenvalue weighted by Crippen LogP contribution is 2.22. The molecule has 3 rings (SSSR count). The summed E-state index contributed by atoms with van der Waals surface area (Å²) < 4.78 is 40.0. The van der Waals surface area contributed by atoms with Gasteiger partial charge in [-0.2, -0.15) is 0 Å². The Kier molecular flexibility index (Phi) is 4.98. The summed E-state index contributed by atoms with van der Waals surface area (Å²) in [7, 11) is 1.58. The average molecular weight is 365 g/mol. The first-order chi connectivity index (χ1) is 11.9. The number of fused-ring (bicyclic) bond motifs is 1. The molecule has 0 fully saturated rings. The molecule has 0 aliphatic heterocycles. The average Bonchev–Trinajstić information content (AvgIpc) is 2.96. The number of amides is 1. The molecule has 1 aromatic heterocycles. The van der Waals surface area contributed by atoms with E-state index in [2.05, 4.69) is 9.97 Å². The number of halogens is 3. The summed E-state index contributed by atoms with van der Waals surface area (Å²) in [6.07, 6.45) is 0. The number of carbonyl (C=O) groups is 1. The topological polar surface area (TPSA) is 49.0 Å². The van der Waals surface area contributed by atoms with E-state index < -0.39 is 11.6 Å². The summed E-state index contributed by atoms with van der Waals surface area (Å²) in [5, 5.41) is 0.382. The van der Waals surface area contributed by atoms with Crippen LogP contribution >= 0.6 is 11.8 Å². The van der Waals surface area contributed by atoms with Crippen LogP contribution in [0.25, 0.3) is 11.0 Å². The minimum Gasteiger partial charge on any atom is -0.341 e. The highest BCUT2D eigenvalue weighted by Gasteiger charge is 2.14. The molecule has 0 aliphatic carbocycles. The van der Waals surface area contributed by atoms with Crippen LogP contribution in [0.4, 0.5) is 13.2 Å². The van der Waals surface area contributed by atoms with Crippen molar-refractivity contribution >= 4 is 28.7 Å². The molecule has 1 heterocycles. The predicted octanol–water partition coefficient (Wildman–Crippen LogP) is 3.73. The summed E-state index contributed by atoms with van der Waals surface area (Å²) >= 11 is 1.11. The molecule has 25 heavy (non-hydrogen) atoms. The summed E-state index contributed by atoms with van der Waals surface area (Å²) in [5.74, 6) is -2.46. The number of hydrogen-bond acceptors (Lipinski definition) is 3. The third-order valence-electron chi connectivity index (χ3n) is 3.63. The highest BCUT2D eigenvalue weighted by molar-refractivity contribution is 7.99. The minimum absolute atomic E-state index is 0.0652. The van der Waals surface area contributed by atoms with Gasteiger partial charge in [0.1, 0.15) is 5.82 Å². The van der Waals surface area contributed by atoms with Gasteiger partial charge in [-0.25, -0.2) is 18.2 Å². The van der Waals surface area contributed by atoms with Gasteiger partial charge >= 0.3 is 0 Å². The fourth-order valence-corrected chi connectivity index (χ4v) is 3.09. The van der Waals surface area contributed by atoms with Crippen LogP contribution in [-0.4, -0.2) is 33.6 Å². The molecule has 0 aliphatic rings. The van der Waals surface area contributed by atoms with Crippen molar-refractivity contribution in [2.75, 3.05) is 12.8 Å². The Balaban J connectivity index is 1.63. The van der Waals surface area contributed by atoms with Crippen LogP contribution < -0.4 is 0 Å². The van der Waals surface area contributed by atoms with Gasteiger partial charge in [0.2, 0.25) is 5.91 Å². The summed E-state index contributed by atoms with van der Waals surface area (Å²) in [4.78, 5) is 20.5. The zero-order chi connectivity index (χ0) is 18.0. The molecule has 2 aromatic carbocycles. The van der Waals surface area contributed by atoms with Crippen molar-refractivity contribution < 1.29 is 18.0 Å². The van der Waals surface area contributed by atoms with E-state index in [0.29, 0.717) is 16.2 Å². The molecule has 0 atom stereocenters. The lowest BCUT2D eigenvalue weighted by molar-refractivity contribution is -0.127. The lowest BCUT2D eigenvalue weighted by atomic mass is 10.2. The predicted molar refractivity (Wildman–Crippen MR) is 89.6 cm³/mol. The maximum atomic E-state index is 13.6. The first kappa shape index (κ1) is 17.3. The van der Waals surface area contributed by atoms with E-state index in [1.165, 1.54) is 11.0 Å². The molecular formula is C17H14F3N3OS. The van der Waals surface area contributed by atoms with Gasteiger partial charge in [0.15, 0.2) is 16.8 Å². The fourth-order valence-electron chi connectivity index (χ4n) is 2.26. The van der Waals surface area contributed by atoms with Crippen LogP contribution in [0.3, 0.4) is 0 Å². The monoisotopic (exact) mass is 365 g/mol. The molecule has 130 valence electrons. The summed E-state index contributed by atoms with van der Waals surface area (Å²) in [6, 6.07) is 8.27. The molecule has 0 radical (unpaired) electrons. The molecule has 8 heteroatoms. The largest absolute Gasteiger partial charge is 0.341 e. The second-order valence-corrected chi connectivity index (χ2v) is 6.42. The molecule has 1 amide bonds. The number of aromatic amines is 1. The Morgan fingerprint density at radius 2 is 1.88 bits per heavy atom. The van der Waals surface area contributed by atoms with Crippen LogP contribution in [0.1, 0.15) is 5.56 Å². The van der Waals surface area contributed by atoms with Gasteiger partial charge in [-0.1, -0.05) is 30.0 Å². The number of nitrogens with zero attached hydrogens (tertiary/aromatic N) is 2. The number of thioether (sulfide) groups is 1. The van der Waals surface area contributed by atoms with Gasteiger partial charge < -0.3 is 9.88 Å². The Hall–Kier alpha value is -2.48. The molecule has 0 unspecified atom stereocenters. The molecule has 0 saturated carbocycles. The van der Waals surface area contributed by atoms with Gasteiger partial charge in [-0.15, -0.1) is 0 Å². The van der Waals surface area contributed by atoms with Gasteiger partial charge in [0.25, 0.3) is 0 Å². The number of imidazole rings is 1. The molecule has 0 saturated heterocycles. The first-order valence-corrected chi connectivity index (χ1v) is 8.37. The minimum atomic E-state index is -0.976. The lowest BCUT2D eigenvalue weighted by Gasteiger charge is -2.17. The lowest BCUT2D eigenvalue weighted by Crippen LogP contribution is -2.28. The molecule has 0 spiro atoms. The number of rotatable bonds is 5. The van der Waals surface area contributed by atoms with Crippen molar-refractivity contribution in [3.8, 4) is 0 Å². The zero-order valence-electron chi connectivity index (χ0n) is 13.2. The van der Waals surface area contributed by atoms with Crippen LogP contribution in [0.15, 0.2) is 41.6 Å². The van der Waals surface area contributed by atoms with Gasteiger partial charge in [-0.3, -0.25) is 4.79 Å². The maximum Gasteiger partial charge on any atom is 0.233 e. The van der Waals surface area contributed by atoms with Crippen LogP contribution in [-0.2, 0) is 11.3 Å². The number of carbonyl (C=O) groups excluding carboxylic acids is 1. The number of benzene rings is 2. The van der Waals surface area contributed by atoms with Gasteiger partial charge in [0.05, 0.1) is 16.8 Å². The normalized spacial score (nSPS) is 11.0. The van der Waals surface area contributed by atoms with Crippen molar-refractivity contribution in [3.63, 3.8) is 0 Å². The Bertz CT molecular complexity index is 890. The number of H-pyrrole nitrogens is 1. The van der Waals surface area contributed by atoms with Crippen LogP contribution in [0.5, 0.6) is 0 Å². The molecule has 1 N–H and O–H groups in total. The Labute approximate surface area is 146 Å². The third kappa shape index (κ3) is 3.96. The van der Waals surface area contributed by atoms with Gasteiger partial charge in [0, 0.05) is 31.3 Å². The molecule has 0 bridgehead atoms. The van der Waals surface area contributed by atoms with E-state index in [-0.39, 0.29) is 29.5 Å². The van der Waals surface area contributed by atoms with E-state index >= 15 is 0 Å². The highest BCUT2D eigenvalue weighted by atomic mass is 32.2. The van der Waals surface area contributed by atoms with Crippen molar-refractivity contribution in [1.29, 1.82) is 0 Å². The SMILES string of the molecule is CN(Cc1ccccc1F)C(=O)CSc1nc2cc(F)c(F)cc2[nH]1. The molecular weight excluding hydrogens is 351 g/mol. The zero-order valence-corrected chi connectivity index (χ0v) is 14.0. The Morgan fingerprint density at radius 1 is 1.16 bits per heavy atom. The Morgan fingerprint density at radius 3 is 2.64 bits per heavy atom. The second-order valence-electron chi connectivity index (χ2n) is 5.46. The molecule has 3 aromatic rings. The number of nitrogens with one attached hydrogen (secondary N) is 1. The van der Waals surface area contributed by atoms with Crippen molar-refractivity contribution in [1.82, 2.24) is 14.9 Å². The number of aromatic nitrogens is 2. The smallest absolute Gasteiger partial charge is 0.233 e. The first-order valence-electron chi connectivity index (χ1n) is 7.39. The van der Waals surface area contributed by atoms with Gasteiger partial charge in [-0.05, 0) is 6.07 Å². The number of hydrogen-bond donors (Lipinski definition) is 1. The van der Waals surface area contributed by atoms with E-state index in [1.807, 2.05) is 0 Å². The summed E-state index contributed by atoms with van der Waals surface area (Å²) in [5.41, 5.74) is 1.07. The van der Waals surface area contributed by atoms with E-state index in [4.69, 9.17) is 0 Å². The van der Waals surface area contributed by atoms with Crippen molar-refractivity contribution in [2.45, 2.75) is 11.7 Å². The second kappa shape index (κ2) is 7.18. The quantitative estimate of drug-likeness (QED) is 0.701. The maximum absolute atomic E-state index is 13.6. The van der Waals surface area contributed by atoms with Crippen LogP contribution in [0.2, 0.25) is 0 Å². The summed E-state index contributed by atoms with van der Waals surface area (Å²) in [6.45, 7) is 0.155. The van der Waals surface area contributed by atoms with E-state index in [0.717, 1.165) is 23.9 Å². The van der Waals surface area contributed by atoms with Crippen molar-refractivity contribution in [3.05, 3.63) is 59.4 Å². The fraction of sp³-hybridized carbons (Fsp3) is 0.176. The van der Waals surface area contributed by atoms with Crippen molar-refractivity contribution in [2.24, 2.45) is 0 Å².